The van der Waals surface area contributed by atoms with Crippen LogP contribution >= 0.6 is 0 Å². The Labute approximate surface area is 384 Å². The Morgan fingerprint density at radius 3 is 2.38 bits per heavy atom. The van der Waals surface area contributed by atoms with Crippen molar-refractivity contribution in [2.45, 2.75) is 108 Å². The van der Waals surface area contributed by atoms with Gasteiger partial charge in [0.25, 0.3) is 0 Å². The van der Waals surface area contributed by atoms with Gasteiger partial charge in [-0.15, -0.1) is 0 Å². The quantitative estimate of drug-likeness (QED) is 0.145. The minimum absolute atomic E-state index is 0.197. The summed E-state index contributed by atoms with van der Waals surface area (Å²) in [6, 6.07) is 15.8. The van der Waals surface area contributed by atoms with Gasteiger partial charge in [0, 0.05) is 104 Å². The molecule has 16 nitrogen and oxygen atoms in total. The molecule has 2 saturated carbocycles. The van der Waals surface area contributed by atoms with Crippen LogP contribution in [0, 0.1) is 16.7 Å². The lowest BCUT2D eigenvalue weighted by molar-refractivity contribution is -0.136. The maximum absolute atomic E-state index is 13.3. The molecular formula is C50H57N13O3. The third-order valence-corrected chi connectivity index (χ3v) is 15.7. The highest BCUT2D eigenvalue weighted by molar-refractivity contribution is 6.00. The Morgan fingerprint density at radius 1 is 0.864 bits per heavy atom. The number of nitrogens with zero attached hydrogens (tertiary/aromatic N) is 11. The van der Waals surface area contributed by atoms with Gasteiger partial charge in [-0.05, 0) is 107 Å². The van der Waals surface area contributed by atoms with Crippen LogP contribution in [0.2, 0.25) is 0 Å². The third kappa shape index (κ3) is 7.76. The Kier molecular flexibility index (Phi) is 11.0. The number of rotatable bonds is 10. The van der Waals surface area contributed by atoms with Crippen LogP contribution in [-0.2, 0) is 14.4 Å². The van der Waals surface area contributed by atoms with Gasteiger partial charge in [0.15, 0.2) is 0 Å². The number of hydrogen-bond donors (Lipinski definition) is 2. The van der Waals surface area contributed by atoms with Crippen molar-refractivity contribution in [3.8, 4) is 28.6 Å². The highest BCUT2D eigenvalue weighted by Crippen LogP contribution is 2.39. The summed E-state index contributed by atoms with van der Waals surface area (Å²) in [7, 11) is 0. The minimum atomic E-state index is -0.358. The van der Waals surface area contributed by atoms with E-state index in [1.54, 1.807) is 10.7 Å². The number of carbonyl (C=O) groups excluding carboxylic acids is 3. The van der Waals surface area contributed by atoms with Gasteiger partial charge in [0.2, 0.25) is 17.7 Å². The molecule has 0 radical (unpaired) electrons. The number of benzene rings is 1. The first-order valence-corrected chi connectivity index (χ1v) is 24.0. The highest BCUT2D eigenvalue weighted by Gasteiger charge is 2.41. The monoisotopic (exact) mass is 887 g/mol. The van der Waals surface area contributed by atoms with Crippen LogP contribution in [0.1, 0.15) is 102 Å². The predicted octanol–water partition coefficient (Wildman–Crippen LogP) is 6.43. The maximum atomic E-state index is 13.3. The average Bonchev–Trinajstić information content (AvgIpc) is 4.12. The van der Waals surface area contributed by atoms with Gasteiger partial charge in [-0.1, -0.05) is 6.92 Å². The summed E-state index contributed by atoms with van der Waals surface area (Å²) < 4.78 is 5.86. The molecule has 340 valence electrons. The average molecular weight is 888 g/mol. The molecule has 5 fully saturated rings. The summed E-state index contributed by atoms with van der Waals surface area (Å²) in [4.78, 5) is 55.0. The summed E-state index contributed by atoms with van der Waals surface area (Å²) in [5, 5.41) is 26.4. The number of hydrogen-bond acceptors (Lipinski definition) is 11. The number of imide groups is 1. The van der Waals surface area contributed by atoms with Crippen molar-refractivity contribution in [1.82, 2.24) is 49.5 Å². The smallest absolute Gasteiger partial charge is 0.249 e. The van der Waals surface area contributed by atoms with Crippen molar-refractivity contribution in [3.63, 3.8) is 0 Å². The van der Waals surface area contributed by atoms with Crippen molar-refractivity contribution in [2.75, 3.05) is 49.1 Å². The molecular weight excluding hydrogens is 831 g/mol. The highest BCUT2D eigenvalue weighted by atomic mass is 16.2. The van der Waals surface area contributed by atoms with E-state index in [1.807, 2.05) is 41.5 Å². The van der Waals surface area contributed by atoms with E-state index in [4.69, 9.17) is 15.1 Å². The van der Waals surface area contributed by atoms with Gasteiger partial charge in [-0.3, -0.25) is 29.3 Å². The zero-order valence-electron chi connectivity index (χ0n) is 37.6. The van der Waals surface area contributed by atoms with Crippen LogP contribution < -0.4 is 20.4 Å². The molecule has 8 heterocycles. The molecule has 3 amide bonds. The SMILES string of the molecule is CCC1(C(=O)NC2CCC2)CCN(c2ccc(-c3nc(-c4cnn(C5CCC(N6CCN(c7ccc8c(ccn8[C@@H]8CCC(=O)NC8=O)c7)CC6)CC5)c4)cn4ncc(C#N)c34)cn2)CC1. The van der Waals surface area contributed by atoms with E-state index < -0.39 is 0 Å². The van der Waals surface area contributed by atoms with Crippen LogP contribution in [0.3, 0.4) is 0 Å². The van der Waals surface area contributed by atoms with Crippen LogP contribution in [0.4, 0.5) is 11.5 Å². The van der Waals surface area contributed by atoms with E-state index in [0.29, 0.717) is 47.7 Å². The van der Waals surface area contributed by atoms with Crippen LogP contribution in [-0.4, -0.2) is 108 Å². The number of aromatic nitrogens is 7. The third-order valence-electron chi connectivity index (χ3n) is 15.7. The van der Waals surface area contributed by atoms with Crippen molar-refractivity contribution in [3.05, 3.63) is 79.1 Å². The molecule has 0 bridgehead atoms. The summed E-state index contributed by atoms with van der Waals surface area (Å²) in [5.41, 5.74) is 6.07. The van der Waals surface area contributed by atoms with E-state index in [-0.39, 0.29) is 29.2 Å². The fourth-order valence-electron chi connectivity index (χ4n) is 11.2. The number of nitriles is 1. The van der Waals surface area contributed by atoms with Crippen LogP contribution in [0.15, 0.2) is 73.6 Å². The molecule has 1 atom stereocenters. The number of fused-ring (bicyclic) bond motifs is 2. The van der Waals surface area contributed by atoms with Gasteiger partial charge in [-0.25, -0.2) is 14.5 Å². The van der Waals surface area contributed by atoms with E-state index in [1.165, 1.54) is 12.1 Å². The van der Waals surface area contributed by atoms with Gasteiger partial charge in [0.1, 0.15) is 29.0 Å². The fourth-order valence-corrected chi connectivity index (χ4v) is 11.2. The van der Waals surface area contributed by atoms with E-state index in [2.05, 4.69) is 78.6 Å². The van der Waals surface area contributed by atoms with Gasteiger partial charge < -0.3 is 19.7 Å². The molecule has 5 aromatic heterocycles. The minimum Gasteiger partial charge on any atom is -0.369 e. The molecule has 16 heteroatoms. The molecule has 0 spiro atoms. The predicted molar refractivity (Wildman–Crippen MR) is 251 cm³/mol. The van der Waals surface area contributed by atoms with Gasteiger partial charge in [-0.2, -0.15) is 15.5 Å². The van der Waals surface area contributed by atoms with Gasteiger partial charge in [0.05, 0.1) is 41.4 Å². The topological polar surface area (TPSA) is 175 Å². The van der Waals surface area contributed by atoms with E-state index in [0.717, 1.165) is 131 Å². The molecule has 2 N–H and O–H groups in total. The lowest BCUT2D eigenvalue weighted by atomic mass is 9.74. The number of nitrogens with one attached hydrogen (secondary N) is 2. The first-order valence-electron chi connectivity index (χ1n) is 24.0. The second-order valence-corrected chi connectivity index (χ2v) is 19.2. The standard InChI is InChI=1S/C50H57N13O3/c1-2-50(49(66)55-37-4-3-5-37)17-20-60(21-18-50)44-14-6-34(28-52-44)46-47-35(27-51)29-54-63(47)32-41(56-46)36-30-53-62(31-36)39-9-7-38(8-10-39)58-22-24-59(25-23-58)40-11-12-42-33(26-40)16-19-61(42)43-13-15-45(64)57-48(43)65/h6,11-12,14,16,19,26,28-32,37-39,43H,2-5,7-10,13,15,17-18,20-25H2,1H3,(H,55,66)(H,57,64,65)/t38?,39?,43-/m1/s1. The molecule has 2 aliphatic carbocycles. The number of carbonyl (C=O) groups is 3. The molecule has 5 aliphatic rings. The summed E-state index contributed by atoms with van der Waals surface area (Å²) in [6.07, 6.45) is 22.3. The Morgan fingerprint density at radius 2 is 1.67 bits per heavy atom. The lowest BCUT2D eigenvalue weighted by Gasteiger charge is -2.42. The van der Waals surface area contributed by atoms with Crippen LogP contribution in [0.25, 0.3) is 38.9 Å². The lowest BCUT2D eigenvalue weighted by Crippen LogP contribution is -2.52. The van der Waals surface area contributed by atoms with E-state index in [9.17, 15) is 19.6 Å². The molecule has 3 aliphatic heterocycles. The second-order valence-electron chi connectivity index (χ2n) is 19.2. The Balaban J connectivity index is 0.718. The number of piperidine rings is 2. The summed E-state index contributed by atoms with van der Waals surface area (Å²) in [5.74, 6) is 0.670. The van der Waals surface area contributed by atoms with Crippen molar-refractivity contribution >= 4 is 45.6 Å². The van der Waals surface area contributed by atoms with Gasteiger partial charge >= 0.3 is 0 Å². The van der Waals surface area contributed by atoms with Crippen molar-refractivity contribution in [1.29, 1.82) is 5.26 Å². The molecule has 1 aromatic carbocycles. The normalized spacial score (nSPS) is 22.9. The second kappa shape index (κ2) is 17.3. The fraction of sp³-hybridized carbons (Fsp3) is 0.480. The largest absolute Gasteiger partial charge is 0.369 e. The van der Waals surface area contributed by atoms with E-state index >= 15 is 0 Å². The Hall–Kier alpha value is -6.60. The molecule has 0 unspecified atom stereocenters. The summed E-state index contributed by atoms with van der Waals surface area (Å²) in [6.45, 7) is 7.64. The molecule has 11 rings (SSSR count). The maximum Gasteiger partial charge on any atom is 0.249 e. The zero-order chi connectivity index (χ0) is 44.9. The zero-order valence-corrected chi connectivity index (χ0v) is 37.6. The summed E-state index contributed by atoms with van der Waals surface area (Å²) >= 11 is 0. The first kappa shape index (κ1) is 42.1. The molecule has 3 saturated heterocycles. The number of pyridine rings is 1. The number of anilines is 2. The number of amides is 3. The first-order chi connectivity index (χ1) is 32.3. The van der Waals surface area contributed by atoms with Crippen LogP contribution in [0.5, 0.6) is 0 Å². The Bertz CT molecular complexity index is 2830. The van der Waals surface area contributed by atoms with Crippen molar-refractivity contribution in [2.24, 2.45) is 5.41 Å². The number of piperazine rings is 1. The van der Waals surface area contributed by atoms with Crippen molar-refractivity contribution < 1.29 is 14.4 Å². The molecule has 66 heavy (non-hydrogen) atoms. The molecule has 6 aromatic rings.